The van der Waals surface area contributed by atoms with E-state index in [0.29, 0.717) is 18.0 Å². The highest BCUT2D eigenvalue weighted by atomic mass is 19.4. The molecule has 1 amide bonds. The molecule has 2 rings (SSSR count). The first-order valence-corrected chi connectivity index (χ1v) is 7.51. The van der Waals surface area contributed by atoms with Crippen LogP contribution in [0.25, 0.3) is 0 Å². The van der Waals surface area contributed by atoms with E-state index in [9.17, 15) is 18.0 Å². The second-order valence-electron chi connectivity index (χ2n) is 5.46. The molecular weight excluding hydrogens is 335 g/mol. The molecule has 5 nitrogen and oxygen atoms in total. The number of carbonyl (C=O) groups excluding carboxylic acids is 1. The lowest BCUT2D eigenvalue weighted by Gasteiger charge is -2.19. The molecule has 8 heteroatoms. The number of rotatable bonds is 7. The van der Waals surface area contributed by atoms with Crippen molar-refractivity contribution in [1.82, 2.24) is 15.2 Å². The van der Waals surface area contributed by atoms with E-state index in [2.05, 4.69) is 4.98 Å². The van der Waals surface area contributed by atoms with Gasteiger partial charge in [0.25, 0.3) is 0 Å². The van der Waals surface area contributed by atoms with Gasteiger partial charge in [-0.25, -0.2) is 0 Å². The first-order chi connectivity index (χ1) is 11.8. The summed E-state index contributed by atoms with van der Waals surface area (Å²) in [6.45, 7) is -1.15. The minimum absolute atomic E-state index is 0.155. The molecule has 0 saturated heterocycles. The number of aromatic nitrogens is 1. The number of halogens is 3. The molecule has 25 heavy (non-hydrogen) atoms. The average molecular weight is 353 g/mol. The van der Waals surface area contributed by atoms with Crippen LogP contribution in [0.15, 0.2) is 48.8 Å². The molecule has 1 aromatic carbocycles. The van der Waals surface area contributed by atoms with Gasteiger partial charge in [-0.15, -0.1) is 0 Å². The molecular formula is C17H18F3N3O2. The Hall–Kier alpha value is -2.61. The fourth-order valence-electron chi connectivity index (χ4n) is 2.12. The van der Waals surface area contributed by atoms with E-state index in [1.54, 1.807) is 42.5 Å². The SMILES string of the molecule is CN(CC(=O)NCC(F)(F)F)Cc1ccccc1Oc1cccnc1. The van der Waals surface area contributed by atoms with Crippen LogP contribution in [-0.2, 0) is 11.3 Å². The topological polar surface area (TPSA) is 54.5 Å². The monoisotopic (exact) mass is 353 g/mol. The zero-order chi connectivity index (χ0) is 18.3. The summed E-state index contributed by atoms with van der Waals surface area (Å²) in [5, 5.41) is 1.85. The zero-order valence-corrected chi connectivity index (χ0v) is 13.6. The lowest BCUT2D eigenvalue weighted by atomic mass is 10.2. The fraction of sp³-hybridized carbons (Fsp3) is 0.294. The number of hydrogen-bond donors (Lipinski definition) is 1. The predicted molar refractivity (Wildman–Crippen MR) is 86.2 cm³/mol. The molecule has 1 aromatic heterocycles. The van der Waals surface area contributed by atoms with Crippen LogP contribution in [0, 0.1) is 0 Å². The van der Waals surface area contributed by atoms with Crippen molar-refractivity contribution < 1.29 is 22.7 Å². The summed E-state index contributed by atoms with van der Waals surface area (Å²) in [7, 11) is 1.65. The second-order valence-corrected chi connectivity index (χ2v) is 5.46. The average Bonchev–Trinajstić information content (AvgIpc) is 2.55. The number of nitrogens with zero attached hydrogens (tertiary/aromatic N) is 2. The third-order valence-electron chi connectivity index (χ3n) is 3.17. The van der Waals surface area contributed by atoms with Crippen LogP contribution < -0.4 is 10.1 Å². The van der Waals surface area contributed by atoms with Crippen molar-refractivity contribution in [3.05, 3.63) is 54.4 Å². The van der Waals surface area contributed by atoms with E-state index in [4.69, 9.17) is 4.74 Å². The van der Waals surface area contributed by atoms with Gasteiger partial charge in [-0.05, 0) is 25.2 Å². The molecule has 1 heterocycles. The first kappa shape index (κ1) is 18.7. The molecule has 0 unspecified atom stereocenters. The van der Waals surface area contributed by atoms with Gasteiger partial charge in [0.1, 0.15) is 18.0 Å². The van der Waals surface area contributed by atoms with Crippen LogP contribution in [0.4, 0.5) is 13.2 Å². The molecule has 0 saturated carbocycles. The highest BCUT2D eigenvalue weighted by Gasteiger charge is 2.27. The number of ether oxygens (including phenoxy) is 1. The van der Waals surface area contributed by atoms with Gasteiger partial charge in [0.2, 0.25) is 5.91 Å². The van der Waals surface area contributed by atoms with Crippen LogP contribution >= 0.6 is 0 Å². The predicted octanol–water partition coefficient (Wildman–Crippen LogP) is 2.98. The lowest BCUT2D eigenvalue weighted by Crippen LogP contribution is -2.39. The van der Waals surface area contributed by atoms with E-state index in [0.717, 1.165) is 5.56 Å². The fourth-order valence-corrected chi connectivity index (χ4v) is 2.12. The number of hydrogen-bond acceptors (Lipinski definition) is 4. The quantitative estimate of drug-likeness (QED) is 0.831. The standard InChI is InChI=1S/C17H18F3N3O2/c1-23(11-16(24)22-12-17(18,19)20)10-13-5-2-3-7-15(13)25-14-6-4-8-21-9-14/h2-9H,10-12H2,1H3,(H,22,24). The number of amides is 1. The van der Waals surface area contributed by atoms with Gasteiger partial charge in [0.05, 0.1) is 12.7 Å². The summed E-state index contributed by atoms with van der Waals surface area (Å²) in [6, 6.07) is 10.7. The highest BCUT2D eigenvalue weighted by molar-refractivity contribution is 5.78. The third-order valence-corrected chi connectivity index (χ3v) is 3.17. The Morgan fingerprint density at radius 2 is 2.00 bits per heavy atom. The minimum atomic E-state index is -4.42. The Balaban J connectivity index is 1.94. The van der Waals surface area contributed by atoms with E-state index < -0.39 is 18.6 Å². The second kappa shape index (κ2) is 8.48. The number of para-hydroxylation sites is 1. The minimum Gasteiger partial charge on any atom is -0.455 e. The van der Waals surface area contributed by atoms with Crippen LogP contribution in [0.2, 0.25) is 0 Å². The smallest absolute Gasteiger partial charge is 0.405 e. The highest BCUT2D eigenvalue weighted by Crippen LogP contribution is 2.25. The van der Waals surface area contributed by atoms with E-state index in [1.807, 2.05) is 23.5 Å². The molecule has 0 aliphatic heterocycles. The number of benzene rings is 1. The van der Waals surface area contributed by atoms with Crippen LogP contribution in [0.5, 0.6) is 11.5 Å². The Kier molecular flexibility index (Phi) is 6.35. The molecule has 0 fully saturated rings. The van der Waals surface area contributed by atoms with E-state index in [1.165, 1.54) is 0 Å². The number of nitrogens with one attached hydrogen (secondary N) is 1. The molecule has 1 N–H and O–H groups in total. The Bertz CT molecular complexity index is 693. The number of likely N-dealkylation sites (N-methyl/N-ethyl adjacent to an activating group) is 1. The van der Waals surface area contributed by atoms with Crippen molar-refractivity contribution in [3.63, 3.8) is 0 Å². The molecule has 0 aliphatic rings. The lowest BCUT2D eigenvalue weighted by molar-refractivity contribution is -0.138. The van der Waals surface area contributed by atoms with Gasteiger partial charge < -0.3 is 10.1 Å². The van der Waals surface area contributed by atoms with Crippen molar-refractivity contribution in [2.45, 2.75) is 12.7 Å². The zero-order valence-electron chi connectivity index (χ0n) is 13.6. The summed E-state index contributed by atoms with van der Waals surface area (Å²) < 4.78 is 42.1. The van der Waals surface area contributed by atoms with Crippen LogP contribution in [-0.4, -0.2) is 42.1 Å². The number of alkyl halides is 3. The maximum absolute atomic E-state index is 12.1. The molecule has 134 valence electrons. The number of carbonyl (C=O) groups is 1. The maximum atomic E-state index is 12.1. The van der Waals surface area contributed by atoms with E-state index in [-0.39, 0.29) is 6.54 Å². The van der Waals surface area contributed by atoms with Gasteiger partial charge in [-0.3, -0.25) is 14.7 Å². The van der Waals surface area contributed by atoms with Crippen molar-refractivity contribution in [1.29, 1.82) is 0 Å². The Morgan fingerprint density at radius 1 is 1.24 bits per heavy atom. The van der Waals surface area contributed by atoms with E-state index >= 15 is 0 Å². The van der Waals surface area contributed by atoms with Crippen LogP contribution in [0.3, 0.4) is 0 Å². The van der Waals surface area contributed by atoms with Gasteiger partial charge in [-0.2, -0.15) is 13.2 Å². The van der Waals surface area contributed by atoms with Gasteiger partial charge >= 0.3 is 6.18 Å². The summed E-state index contributed by atoms with van der Waals surface area (Å²) >= 11 is 0. The van der Waals surface area contributed by atoms with Gasteiger partial charge in [-0.1, -0.05) is 18.2 Å². The van der Waals surface area contributed by atoms with Crippen molar-refractivity contribution in [2.24, 2.45) is 0 Å². The van der Waals surface area contributed by atoms with Crippen LogP contribution in [0.1, 0.15) is 5.56 Å². The molecule has 0 atom stereocenters. The summed E-state index contributed by atoms with van der Waals surface area (Å²) in [4.78, 5) is 17.2. The van der Waals surface area contributed by atoms with Gasteiger partial charge in [0, 0.05) is 18.3 Å². The molecule has 2 aromatic rings. The third kappa shape index (κ3) is 6.80. The molecule has 0 aliphatic carbocycles. The number of pyridine rings is 1. The largest absolute Gasteiger partial charge is 0.455 e. The van der Waals surface area contributed by atoms with Crippen molar-refractivity contribution in [2.75, 3.05) is 20.1 Å². The summed E-state index contributed by atoms with van der Waals surface area (Å²) in [6.07, 6.45) is -1.21. The first-order valence-electron chi connectivity index (χ1n) is 7.51. The molecule has 0 bridgehead atoms. The summed E-state index contributed by atoms with van der Waals surface area (Å²) in [5.74, 6) is 0.476. The molecule has 0 spiro atoms. The van der Waals surface area contributed by atoms with Crippen molar-refractivity contribution in [3.8, 4) is 11.5 Å². The summed E-state index contributed by atoms with van der Waals surface area (Å²) in [5.41, 5.74) is 0.803. The Labute approximate surface area is 143 Å². The van der Waals surface area contributed by atoms with Gasteiger partial charge in [0.15, 0.2) is 0 Å². The Morgan fingerprint density at radius 3 is 2.68 bits per heavy atom. The maximum Gasteiger partial charge on any atom is 0.405 e. The molecule has 0 radical (unpaired) electrons. The normalized spacial score (nSPS) is 11.4. The van der Waals surface area contributed by atoms with Crippen molar-refractivity contribution >= 4 is 5.91 Å².